The van der Waals surface area contributed by atoms with Crippen LogP contribution in [0.15, 0.2) is 24.3 Å². The summed E-state index contributed by atoms with van der Waals surface area (Å²) >= 11 is 0. The van der Waals surface area contributed by atoms with Gasteiger partial charge in [0.2, 0.25) is 0 Å². The van der Waals surface area contributed by atoms with Crippen molar-refractivity contribution in [1.82, 2.24) is 10.6 Å². The van der Waals surface area contributed by atoms with Crippen LogP contribution in [0.2, 0.25) is 0 Å². The van der Waals surface area contributed by atoms with Crippen molar-refractivity contribution < 1.29 is 28.7 Å². The zero-order valence-corrected chi connectivity index (χ0v) is 19.8. The molecule has 0 heterocycles. The van der Waals surface area contributed by atoms with E-state index in [1.807, 2.05) is 10.6 Å². The Balaban J connectivity index is 0.000000240. The molecule has 8 nitrogen and oxygen atoms in total. The van der Waals surface area contributed by atoms with Gasteiger partial charge in [0.25, 0.3) is 11.8 Å². The van der Waals surface area contributed by atoms with E-state index in [2.05, 4.69) is 22.6 Å². The molecule has 0 saturated heterocycles. The van der Waals surface area contributed by atoms with Crippen molar-refractivity contribution in [1.29, 1.82) is 0 Å². The maximum atomic E-state index is 10.7. The van der Waals surface area contributed by atoms with Crippen LogP contribution in [0.4, 0.5) is 9.59 Å². The minimum Gasteiger partial charge on any atom is -0.450 e. The van der Waals surface area contributed by atoms with Crippen molar-refractivity contribution in [3.8, 4) is 0 Å². The van der Waals surface area contributed by atoms with Crippen LogP contribution in [-0.2, 0) is 19.1 Å². The number of carbonyl (C=O) groups is 4. The van der Waals surface area contributed by atoms with Crippen LogP contribution >= 0.6 is 0 Å². The predicted molar refractivity (Wildman–Crippen MR) is 122 cm³/mol. The number of imide groups is 2. The summed E-state index contributed by atoms with van der Waals surface area (Å²) < 4.78 is 8.90. The van der Waals surface area contributed by atoms with Crippen molar-refractivity contribution in [2.75, 3.05) is 13.2 Å². The van der Waals surface area contributed by atoms with Gasteiger partial charge in [0.1, 0.15) is 0 Å². The van der Waals surface area contributed by atoms with Crippen molar-refractivity contribution in [3.05, 3.63) is 24.3 Å². The third-order valence-corrected chi connectivity index (χ3v) is 6.11. The molecule has 3 rings (SSSR count). The Morgan fingerprint density at radius 1 is 0.750 bits per heavy atom. The number of nitrogens with one attached hydrogen (secondary N) is 2. The zero-order valence-electron chi connectivity index (χ0n) is 19.8. The molecule has 3 aliphatic carbocycles. The molecule has 0 spiro atoms. The molecular formula is C24H38N2O6. The van der Waals surface area contributed by atoms with E-state index in [0.29, 0.717) is 0 Å². The molecule has 32 heavy (non-hydrogen) atoms. The fourth-order valence-electron chi connectivity index (χ4n) is 4.75. The topological polar surface area (TPSA) is 111 Å². The fraction of sp³-hybridized carbons (Fsp3) is 0.667. The summed E-state index contributed by atoms with van der Waals surface area (Å²) in [6.45, 7) is 13.5. The maximum Gasteiger partial charge on any atom is 0.414 e. The Labute approximate surface area is 191 Å². The monoisotopic (exact) mass is 450 g/mol. The molecule has 3 saturated carbocycles. The van der Waals surface area contributed by atoms with Gasteiger partial charge >= 0.3 is 12.2 Å². The Morgan fingerprint density at radius 3 is 1.44 bits per heavy atom. The first-order valence-corrected chi connectivity index (χ1v) is 11.4. The number of ether oxygens (including phenoxy) is 2. The smallest absolute Gasteiger partial charge is 0.414 e. The average Bonchev–Trinajstić information content (AvgIpc) is 3.44. The van der Waals surface area contributed by atoms with E-state index in [9.17, 15) is 19.2 Å². The molecule has 3 aliphatic rings. The van der Waals surface area contributed by atoms with Gasteiger partial charge in [-0.05, 0) is 83.5 Å². The minimum absolute atomic E-state index is 0.245. The first-order chi connectivity index (χ1) is 15.1. The van der Waals surface area contributed by atoms with Gasteiger partial charge in [0.15, 0.2) is 0 Å². The van der Waals surface area contributed by atoms with Crippen LogP contribution in [-0.4, -0.2) is 37.2 Å². The number of amides is 4. The fourth-order valence-corrected chi connectivity index (χ4v) is 4.75. The molecule has 0 aromatic carbocycles. The molecular weight excluding hydrogens is 412 g/mol. The van der Waals surface area contributed by atoms with Crippen molar-refractivity contribution in [2.45, 2.75) is 66.2 Å². The van der Waals surface area contributed by atoms with Gasteiger partial charge < -0.3 is 9.47 Å². The van der Waals surface area contributed by atoms with Crippen molar-refractivity contribution in [2.24, 2.45) is 23.7 Å². The van der Waals surface area contributed by atoms with E-state index in [1.54, 1.807) is 52.4 Å². The van der Waals surface area contributed by atoms with E-state index in [1.165, 1.54) is 37.5 Å². The van der Waals surface area contributed by atoms with E-state index < -0.39 is 24.0 Å². The van der Waals surface area contributed by atoms with Gasteiger partial charge in [-0.1, -0.05) is 19.6 Å². The summed E-state index contributed by atoms with van der Waals surface area (Å²) in [5.41, 5.74) is 0.552. The SMILES string of the molecule is C1CC2C3CCC(C3)C2C1.C=C(C)C(=O)NC(=O)OCC.C=C(C)C(=O)NC(=O)OCC. The lowest BCUT2D eigenvalue weighted by atomic mass is 9.82. The first-order valence-electron chi connectivity index (χ1n) is 11.4. The lowest BCUT2D eigenvalue weighted by Crippen LogP contribution is -2.31. The molecule has 0 aliphatic heterocycles. The highest BCUT2D eigenvalue weighted by molar-refractivity contribution is 6.02. The highest BCUT2D eigenvalue weighted by atomic mass is 16.6. The zero-order chi connectivity index (χ0) is 24.3. The van der Waals surface area contributed by atoms with E-state index >= 15 is 0 Å². The molecule has 3 fully saturated rings. The van der Waals surface area contributed by atoms with Crippen LogP contribution in [0.25, 0.3) is 0 Å². The number of fused-ring (bicyclic) bond motifs is 5. The predicted octanol–water partition coefficient (Wildman–Crippen LogP) is 4.50. The van der Waals surface area contributed by atoms with Gasteiger partial charge in [0, 0.05) is 11.1 Å². The van der Waals surface area contributed by atoms with Crippen molar-refractivity contribution in [3.63, 3.8) is 0 Å². The first kappa shape index (κ1) is 27.4. The van der Waals surface area contributed by atoms with Crippen LogP contribution in [0.5, 0.6) is 0 Å². The molecule has 180 valence electrons. The van der Waals surface area contributed by atoms with Crippen LogP contribution in [0.3, 0.4) is 0 Å². The highest BCUT2D eigenvalue weighted by Gasteiger charge is 2.48. The normalized spacial score (nSPS) is 23.9. The molecule has 0 aromatic heterocycles. The van der Waals surface area contributed by atoms with Gasteiger partial charge in [-0.15, -0.1) is 0 Å². The molecule has 4 amide bonds. The van der Waals surface area contributed by atoms with Gasteiger partial charge in [-0.25, -0.2) is 9.59 Å². The summed E-state index contributed by atoms with van der Waals surface area (Å²) in [7, 11) is 0. The lowest BCUT2D eigenvalue weighted by Gasteiger charge is -2.23. The summed E-state index contributed by atoms with van der Waals surface area (Å²) in [4.78, 5) is 42.6. The largest absolute Gasteiger partial charge is 0.450 e. The van der Waals surface area contributed by atoms with E-state index in [0.717, 1.165) is 0 Å². The lowest BCUT2D eigenvalue weighted by molar-refractivity contribution is -0.117. The second-order valence-corrected chi connectivity index (χ2v) is 8.50. The Hall–Kier alpha value is -2.64. The Kier molecular flexibility index (Phi) is 11.7. The number of carbonyl (C=O) groups excluding carboxylic acids is 4. The summed E-state index contributed by atoms with van der Waals surface area (Å²) in [5.74, 6) is 3.78. The minimum atomic E-state index is -0.736. The summed E-state index contributed by atoms with van der Waals surface area (Å²) in [6.07, 6.45) is 8.06. The molecule has 8 heteroatoms. The maximum absolute atomic E-state index is 10.7. The van der Waals surface area contributed by atoms with Gasteiger partial charge in [0.05, 0.1) is 13.2 Å². The average molecular weight is 451 g/mol. The third kappa shape index (κ3) is 8.85. The van der Waals surface area contributed by atoms with Crippen LogP contribution in [0, 0.1) is 23.7 Å². The van der Waals surface area contributed by atoms with Crippen LogP contribution < -0.4 is 10.6 Å². The number of hydrogen-bond acceptors (Lipinski definition) is 6. The number of rotatable bonds is 4. The second-order valence-electron chi connectivity index (χ2n) is 8.50. The third-order valence-electron chi connectivity index (χ3n) is 6.11. The molecule has 4 unspecified atom stereocenters. The molecule has 0 aromatic rings. The van der Waals surface area contributed by atoms with E-state index in [-0.39, 0.29) is 24.4 Å². The second kappa shape index (κ2) is 13.7. The molecule has 2 bridgehead atoms. The van der Waals surface area contributed by atoms with Crippen molar-refractivity contribution >= 4 is 24.0 Å². The standard InChI is InChI=1S/C10H16.2C7H11NO3/c1-2-9-7-4-5-8(6-7)10(9)3-1;2*1-4-11-7(10)8-6(9)5(2)3/h7-10H,1-6H2;2*2,4H2,1,3H3,(H,8,9,10). The van der Waals surface area contributed by atoms with Crippen LogP contribution in [0.1, 0.15) is 66.2 Å². The molecule has 2 N–H and O–H groups in total. The number of alkyl carbamates (subject to hydrolysis) is 2. The Bertz CT molecular complexity index is 659. The summed E-state index contributed by atoms with van der Waals surface area (Å²) in [6, 6.07) is 0. The Morgan fingerprint density at radius 2 is 1.12 bits per heavy atom. The quantitative estimate of drug-likeness (QED) is 0.610. The highest BCUT2D eigenvalue weighted by Crippen LogP contribution is 2.58. The summed E-state index contributed by atoms with van der Waals surface area (Å²) in [5, 5.41) is 3.96. The molecule has 4 atom stereocenters. The number of hydrogen-bond donors (Lipinski definition) is 2. The van der Waals surface area contributed by atoms with Gasteiger partial charge in [-0.3, -0.25) is 20.2 Å². The van der Waals surface area contributed by atoms with Gasteiger partial charge in [-0.2, -0.15) is 0 Å². The van der Waals surface area contributed by atoms with E-state index in [4.69, 9.17) is 0 Å². The molecule has 0 radical (unpaired) electrons.